The second-order valence-electron chi connectivity index (χ2n) is 3.71. The number of rotatable bonds is 5. The molecule has 3 N–H and O–H groups in total. The average molecular weight is 308 g/mol. The highest BCUT2D eigenvalue weighted by Gasteiger charge is 1.95. The number of halogens is 1. The molecule has 0 atom stereocenters. The van der Waals surface area contributed by atoms with Gasteiger partial charge in [-0.3, -0.25) is 0 Å². The number of ether oxygens (including phenoxy) is 1. The molecule has 1 heterocycles. The zero-order chi connectivity index (χ0) is 12.8. The average Bonchev–Trinajstić information content (AvgIpc) is 2.39. The second kappa shape index (κ2) is 6.26. The van der Waals surface area contributed by atoms with Crippen molar-refractivity contribution in [2.75, 3.05) is 24.2 Å². The SMILES string of the molecule is Nc1ccc(OCCNc2ccc(Br)cn2)cc1. The molecule has 5 heteroatoms. The van der Waals surface area contributed by atoms with Crippen molar-refractivity contribution in [3.05, 3.63) is 47.1 Å². The van der Waals surface area contributed by atoms with Crippen molar-refractivity contribution >= 4 is 27.4 Å². The zero-order valence-electron chi connectivity index (χ0n) is 9.77. The van der Waals surface area contributed by atoms with Crippen LogP contribution >= 0.6 is 15.9 Å². The number of benzene rings is 1. The van der Waals surface area contributed by atoms with Gasteiger partial charge in [0.15, 0.2) is 0 Å². The van der Waals surface area contributed by atoms with E-state index in [1.807, 2.05) is 36.4 Å². The van der Waals surface area contributed by atoms with Crippen molar-refractivity contribution in [2.45, 2.75) is 0 Å². The highest BCUT2D eigenvalue weighted by atomic mass is 79.9. The van der Waals surface area contributed by atoms with Gasteiger partial charge in [0.1, 0.15) is 18.2 Å². The van der Waals surface area contributed by atoms with Gasteiger partial charge in [-0.25, -0.2) is 4.98 Å². The minimum Gasteiger partial charge on any atom is -0.492 e. The quantitative estimate of drug-likeness (QED) is 0.658. The van der Waals surface area contributed by atoms with Crippen LogP contribution in [0, 0.1) is 0 Å². The van der Waals surface area contributed by atoms with Gasteiger partial charge in [0.05, 0.1) is 6.54 Å². The lowest BCUT2D eigenvalue weighted by atomic mass is 10.3. The molecule has 0 aliphatic carbocycles. The summed E-state index contributed by atoms with van der Waals surface area (Å²) in [5.41, 5.74) is 6.33. The van der Waals surface area contributed by atoms with Crippen LogP contribution in [-0.2, 0) is 0 Å². The highest BCUT2D eigenvalue weighted by molar-refractivity contribution is 9.10. The predicted molar refractivity (Wildman–Crippen MR) is 76.8 cm³/mol. The first-order chi connectivity index (χ1) is 8.74. The van der Waals surface area contributed by atoms with Crippen molar-refractivity contribution in [2.24, 2.45) is 0 Å². The summed E-state index contributed by atoms with van der Waals surface area (Å²) in [7, 11) is 0. The van der Waals surface area contributed by atoms with Gasteiger partial charge in [0, 0.05) is 16.4 Å². The zero-order valence-corrected chi connectivity index (χ0v) is 11.4. The molecule has 0 aliphatic heterocycles. The number of nitrogen functional groups attached to an aromatic ring is 1. The maximum Gasteiger partial charge on any atom is 0.126 e. The fourth-order valence-corrected chi connectivity index (χ4v) is 1.63. The van der Waals surface area contributed by atoms with Crippen molar-refractivity contribution in [3.63, 3.8) is 0 Å². The Kier molecular flexibility index (Phi) is 4.41. The third-order valence-electron chi connectivity index (χ3n) is 2.28. The minimum absolute atomic E-state index is 0.571. The lowest BCUT2D eigenvalue weighted by Gasteiger charge is -2.08. The van der Waals surface area contributed by atoms with Crippen LogP contribution in [0.1, 0.15) is 0 Å². The Morgan fingerprint density at radius 3 is 2.61 bits per heavy atom. The van der Waals surface area contributed by atoms with E-state index in [9.17, 15) is 0 Å². The van der Waals surface area contributed by atoms with E-state index in [2.05, 4.69) is 26.2 Å². The summed E-state index contributed by atoms with van der Waals surface area (Å²) in [4.78, 5) is 4.20. The topological polar surface area (TPSA) is 60.2 Å². The number of nitrogens with zero attached hydrogens (tertiary/aromatic N) is 1. The van der Waals surface area contributed by atoms with Crippen molar-refractivity contribution in [3.8, 4) is 5.75 Å². The molecule has 0 aliphatic rings. The van der Waals surface area contributed by atoms with Crippen LogP contribution in [0.4, 0.5) is 11.5 Å². The molecule has 1 aromatic heterocycles. The predicted octanol–water partition coefficient (Wildman–Crippen LogP) is 2.92. The van der Waals surface area contributed by atoms with E-state index < -0.39 is 0 Å². The van der Waals surface area contributed by atoms with Crippen LogP contribution in [0.3, 0.4) is 0 Å². The van der Waals surface area contributed by atoms with Crippen LogP contribution in [0.25, 0.3) is 0 Å². The van der Waals surface area contributed by atoms with E-state index in [1.54, 1.807) is 6.20 Å². The van der Waals surface area contributed by atoms with Gasteiger partial charge in [-0.1, -0.05) is 0 Å². The summed E-state index contributed by atoms with van der Waals surface area (Å²) in [5.74, 6) is 1.65. The molecule has 18 heavy (non-hydrogen) atoms. The molecule has 0 saturated heterocycles. The minimum atomic E-state index is 0.571. The van der Waals surface area contributed by atoms with E-state index in [4.69, 9.17) is 10.5 Å². The van der Waals surface area contributed by atoms with Crippen molar-refractivity contribution < 1.29 is 4.74 Å². The fourth-order valence-electron chi connectivity index (χ4n) is 1.39. The molecule has 2 rings (SSSR count). The molecule has 2 aromatic rings. The number of hydrogen-bond acceptors (Lipinski definition) is 4. The van der Waals surface area contributed by atoms with Crippen LogP contribution in [0.5, 0.6) is 5.75 Å². The molecule has 0 unspecified atom stereocenters. The molecule has 0 bridgehead atoms. The maximum absolute atomic E-state index is 5.59. The molecule has 0 spiro atoms. The summed E-state index contributed by atoms with van der Waals surface area (Å²) < 4.78 is 6.52. The molecule has 1 aromatic carbocycles. The molecule has 0 saturated carbocycles. The number of aromatic nitrogens is 1. The van der Waals surface area contributed by atoms with Gasteiger partial charge in [-0.15, -0.1) is 0 Å². The molecule has 94 valence electrons. The Labute approximate surface area is 114 Å². The standard InChI is InChI=1S/C13H14BrN3O/c14-10-1-6-13(17-9-10)16-7-8-18-12-4-2-11(15)3-5-12/h1-6,9H,7-8,15H2,(H,16,17). The number of anilines is 2. The molecular formula is C13H14BrN3O. The van der Waals surface area contributed by atoms with Gasteiger partial charge in [0.25, 0.3) is 0 Å². The third kappa shape index (κ3) is 3.92. The Morgan fingerprint density at radius 1 is 1.17 bits per heavy atom. The normalized spacial score (nSPS) is 10.1. The maximum atomic E-state index is 5.59. The second-order valence-corrected chi connectivity index (χ2v) is 4.62. The first-order valence-corrected chi connectivity index (χ1v) is 6.37. The molecular weight excluding hydrogens is 294 g/mol. The van der Waals surface area contributed by atoms with Crippen LogP contribution < -0.4 is 15.8 Å². The smallest absolute Gasteiger partial charge is 0.126 e. The number of hydrogen-bond donors (Lipinski definition) is 2. The van der Waals surface area contributed by atoms with Gasteiger partial charge < -0.3 is 15.8 Å². The van der Waals surface area contributed by atoms with E-state index in [0.717, 1.165) is 21.7 Å². The van der Waals surface area contributed by atoms with E-state index in [-0.39, 0.29) is 0 Å². The van der Waals surface area contributed by atoms with Crippen LogP contribution in [0.2, 0.25) is 0 Å². The summed E-state index contributed by atoms with van der Waals surface area (Å²) in [6, 6.07) is 11.2. The lowest BCUT2D eigenvalue weighted by Crippen LogP contribution is -2.12. The van der Waals surface area contributed by atoms with E-state index in [1.165, 1.54) is 0 Å². The van der Waals surface area contributed by atoms with Gasteiger partial charge >= 0.3 is 0 Å². The summed E-state index contributed by atoms with van der Waals surface area (Å²) in [6.45, 7) is 1.26. The summed E-state index contributed by atoms with van der Waals surface area (Å²) >= 11 is 3.34. The number of pyridine rings is 1. The Bertz CT molecular complexity index is 437. The molecule has 0 radical (unpaired) electrons. The largest absolute Gasteiger partial charge is 0.492 e. The van der Waals surface area contributed by atoms with Crippen LogP contribution in [0.15, 0.2) is 47.1 Å². The molecule has 0 fully saturated rings. The first kappa shape index (κ1) is 12.7. The first-order valence-electron chi connectivity index (χ1n) is 5.58. The van der Waals surface area contributed by atoms with E-state index in [0.29, 0.717) is 13.2 Å². The lowest BCUT2D eigenvalue weighted by molar-refractivity contribution is 0.333. The van der Waals surface area contributed by atoms with Crippen LogP contribution in [-0.4, -0.2) is 18.1 Å². The van der Waals surface area contributed by atoms with Crippen molar-refractivity contribution in [1.29, 1.82) is 0 Å². The van der Waals surface area contributed by atoms with Crippen molar-refractivity contribution in [1.82, 2.24) is 4.98 Å². The van der Waals surface area contributed by atoms with Gasteiger partial charge in [-0.05, 0) is 52.3 Å². The molecule has 0 amide bonds. The number of nitrogens with two attached hydrogens (primary N) is 1. The fraction of sp³-hybridized carbons (Fsp3) is 0.154. The van der Waals surface area contributed by atoms with Gasteiger partial charge in [-0.2, -0.15) is 0 Å². The summed E-state index contributed by atoms with van der Waals surface area (Å²) in [6.07, 6.45) is 1.75. The Balaban J connectivity index is 1.73. The summed E-state index contributed by atoms with van der Waals surface area (Å²) in [5, 5.41) is 3.17. The van der Waals surface area contributed by atoms with Gasteiger partial charge in [0.2, 0.25) is 0 Å². The Morgan fingerprint density at radius 2 is 1.94 bits per heavy atom. The number of nitrogens with one attached hydrogen (secondary N) is 1. The van der Waals surface area contributed by atoms with E-state index >= 15 is 0 Å². The third-order valence-corrected chi connectivity index (χ3v) is 2.75. The highest BCUT2D eigenvalue weighted by Crippen LogP contribution is 2.13. The Hall–Kier alpha value is -1.75. The monoisotopic (exact) mass is 307 g/mol. The molecule has 4 nitrogen and oxygen atoms in total.